The number of carbonyl (C=O) groups excluding carboxylic acids is 2. The van der Waals surface area contributed by atoms with Gasteiger partial charge in [0.05, 0.1) is 13.2 Å². The molecule has 108 valence electrons. The van der Waals surface area contributed by atoms with Gasteiger partial charge in [-0.05, 0) is 17.9 Å². The Morgan fingerprint density at radius 2 is 1.80 bits per heavy atom. The largest absolute Gasteiger partial charge is 0.378 e. The molecule has 0 saturated carbocycles. The average molecular weight is 275 g/mol. The Hall–Kier alpha value is -1.68. The van der Waals surface area contributed by atoms with Gasteiger partial charge in [-0.2, -0.15) is 0 Å². The molecule has 1 amide bonds. The van der Waals surface area contributed by atoms with Crippen molar-refractivity contribution >= 4 is 11.7 Å². The molecule has 0 spiro atoms. The first-order chi connectivity index (χ1) is 9.63. The van der Waals surface area contributed by atoms with Gasteiger partial charge in [-0.15, -0.1) is 0 Å². The third-order valence-electron chi connectivity index (χ3n) is 3.85. The predicted molar refractivity (Wildman–Crippen MR) is 76.9 cm³/mol. The van der Waals surface area contributed by atoms with E-state index in [-0.39, 0.29) is 0 Å². The molecule has 1 aromatic carbocycles. The van der Waals surface area contributed by atoms with E-state index in [0.717, 1.165) is 6.42 Å². The van der Waals surface area contributed by atoms with Gasteiger partial charge in [0.1, 0.15) is 0 Å². The van der Waals surface area contributed by atoms with Gasteiger partial charge >= 0.3 is 0 Å². The van der Waals surface area contributed by atoms with Crippen LogP contribution in [0.1, 0.15) is 42.1 Å². The highest BCUT2D eigenvalue weighted by atomic mass is 16.5. The number of carbonyl (C=O) groups is 2. The zero-order valence-electron chi connectivity index (χ0n) is 12.1. The lowest BCUT2D eigenvalue weighted by molar-refractivity contribution is -0.130. The number of nitrogens with zero attached hydrogens (tertiary/aromatic N) is 1. The maximum absolute atomic E-state index is 12.2. The number of ether oxygens (including phenoxy) is 1. The van der Waals surface area contributed by atoms with E-state index in [1.54, 1.807) is 17.0 Å². The summed E-state index contributed by atoms with van der Waals surface area (Å²) in [6, 6.07) is 7.38. The van der Waals surface area contributed by atoms with E-state index in [1.165, 1.54) is 5.56 Å². The van der Waals surface area contributed by atoms with Gasteiger partial charge in [0, 0.05) is 18.7 Å². The number of morpholine rings is 1. The first-order valence-electron chi connectivity index (χ1n) is 7.14. The Morgan fingerprint density at radius 1 is 1.20 bits per heavy atom. The van der Waals surface area contributed by atoms with Crippen LogP contribution in [0, 0.1) is 0 Å². The zero-order chi connectivity index (χ0) is 14.5. The van der Waals surface area contributed by atoms with Crippen molar-refractivity contribution in [2.75, 3.05) is 26.3 Å². The molecule has 0 radical (unpaired) electrons. The fourth-order valence-electron chi connectivity index (χ4n) is 2.23. The summed E-state index contributed by atoms with van der Waals surface area (Å²) in [5, 5.41) is 0. The molecule has 20 heavy (non-hydrogen) atoms. The van der Waals surface area contributed by atoms with Crippen LogP contribution in [0.2, 0.25) is 0 Å². The van der Waals surface area contributed by atoms with Gasteiger partial charge in [0.15, 0.2) is 0 Å². The maximum Gasteiger partial charge on any atom is 0.295 e. The van der Waals surface area contributed by atoms with E-state index >= 15 is 0 Å². The van der Waals surface area contributed by atoms with Gasteiger partial charge < -0.3 is 9.64 Å². The Bertz CT molecular complexity index is 475. The lowest BCUT2D eigenvalue weighted by Crippen LogP contribution is -2.44. The summed E-state index contributed by atoms with van der Waals surface area (Å²) in [5.74, 6) is -0.388. The van der Waals surface area contributed by atoms with Crippen LogP contribution in [-0.2, 0) is 9.53 Å². The van der Waals surface area contributed by atoms with Crippen LogP contribution in [0.4, 0.5) is 0 Å². The van der Waals surface area contributed by atoms with Crippen molar-refractivity contribution in [2.24, 2.45) is 0 Å². The van der Waals surface area contributed by atoms with E-state index in [2.05, 4.69) is 13.8 Å². The number of rotatable bonds is 4. The van der Waals surface area contributed by atoms with Gasteiger partial charge in [-0.1, -0.05) is 38.1 Å². The topological polar surface area (TPSA) is 46.6 Å². The molecule has 0 aliphatic carbocycles. The SMILES string of the molecule is CCC(C)c1ccc(C(=O)C(=O)N2CCOCC2)cc1. The van der Waals surface area contributed by atoms with Gasteiger partial charge in [0.2, 0.25) is 5.78 Å². The van der Waals surface area contributed by atoms with Crippen LogP contribution in [0.3, 0.4) is 0 Å². The van der Waals surface area contributed by atoms with Crippen molar-refractivity contribution in [1.29, 1.82) is 0 Å². The Labute approximate surface area is 119 Å². The molecule has 1 aliphatic rings. The molecule has 0 aromatic heterocycles. The quantitative estimate of drug-likeness (QED) is 0.625. The minimum Gasteiger partial charge on any atom is -0.378 e. The zero-order valence-corrected chi connectivity index (χ0v) is 12.1. The number of Topliss-reactive ketones (excluding diaryl/α,β-unsaturated/α-hetero) is 1. The van der Waals surface area contributed by atoms with Gasteiger partial charge in [-0.3, -0.25) is 9.59 Å². The lowest BCUT2D eigenvalue weighted by Gasteiger charge is -2.26. The van der Waals surface area contributed by atoms with Crippen LogP contribution in [0.5, 0.6) is 0 Å². The molecule has 1 atom stereocenters. The van der Waals surface area contributed by atoms with Crippen molar-refractivity contribution < 1.29 is 14.3 Å². The second-order valence-electron chi connectivity index (χ2n) is 5.17. The Kier molecular flexibility index (Phi) is 4.90. The molecule has 1 aromatic rings. The molecule has 0 N–H and O–H groups in total. The second-order valence-corrected chi connectivity index (χ2v) is 5.17. The molecule has 2 rings (SSSR count). The molecular formula is C16H21NO3. The van der Waals surface area contributed by atoms with Crippen LogP contribution in [0.15, 0.2) is 24.3 Å². The molecule has 1 aliphatic heterocycles. The van der Waals surface area contributed by atoms with Crippen molar-refractivity contribution in [1.82, 2.24) is 4.90 Å². The number of hydrogen-bond donors (Lipinski definition) is 0. The normalized spacial score (nSPS) is 16.8. The van der Waals surface area contributed by atoms with Crippen LogP contribution < -0.4 is 0 Å². The molecule has 0 bridgehead atoms. The molecule has 1 saturated heterocycles. The van der Waals surface area contributed by atoms with Crippen LogP contribution in [0.25, 0.3) is 0 Å². The number of benzene rings is 1. The monoisotopic (exact) mass is 275 g/mol. The van der Waals surface area contributed by atoms with Gasteiger partial charge in [-0.25, -0.2) is 0 Å². The minimum atomic E-state index is -0.428. The van der Waals surface area contributed by atoms with E-state index in [9.17, 15) is 9.59 Å². The number of hydrogen-bond acceptors (Lipinski definition) is 3. The molecule has 1 fully saturated rings. The Morgan fingerprint density at radius 3 is 2.35 bits per heavy atom. The van der Waals surface area contributed by atoms with Crippen molar-refractivity contribution in [3.8, 4) is 0 Å². The second kappa shape index (κ2) is 6.66. The summed E-state index contributed by atoms with van der Waals surface area (Å²) in [6.45, 7) is 6.28. The summed E-state index contributed by atoms with van der Waals surface area (Å²) < 4.78 is 5.18. The summed E-state index contributed by atoms with van der Waals surface area (Å²) in [4.78, 5) is 25.8. The molecule has 4 nitrogen and oxygen atoms in total. The summed E-state index contributed by atoms with van der Waals surface area (Å²) >= 11 is 0. The van der Waals surface area contributed by atoms with E-state index < -0.39 is 11.7 Å². The first-order valence-corrected chi connectivity index (χ1v) is 7.14. The number of amides is 1. The van der Waals surface area contributed by atoms with Crippen molar-refractivity contribution in [3.63, 3.8) is 0 Å². The third-order valence-corrected chi connectivity index (χ3v) is 3.85. The highest BCUT2D eigenvalue weighted by Gasteiger charge is 2.24. The molecular weight excluding hydrogens is 254 g/mol. The highest BCUT2D eigenvalue weighted by molar-refractivity contribution is 6.42. The van der Waals surface area contributed by atoms with Crippen molar-refractivity contribution in [3.05, 3.63) is 35.4 Å². The van der Waals surface area contributed by atoms with Crippen molar-refractivity contribution in [2.45, 2.75) is 26.2 Å². The summed E-state index contributed by atoms with van der Waals surface area (Å²) in [5.41, 5.74) is 1.66. The van der Waals surface area contributed by atoms with E-state index in [1.807, 2.05) is 12.1 Å². The summed E-state index contributed by atoms with van der Waals surface area (Å²) in [7, 11) is 0. The smallest absolute Gasteiger partial charge is 0.295 e. The standard InChI is InChI=1S/C16H21NO3/c1-3-12(2)13-4-6-14(7-5-13)15(18)16(19)17-8-10-20-11-9-17/h4-7,12H,3,8-11H2,1-2H3. The first kappa shape index (κ1) is 14.7. The highest BCUT2D eigenvalue weighted by Crippen LogP contribution is 2.19. The average Bonchev–Trinajstić information content (AvgIpc) is 2.53. The van der Waals surface area contributed by atoms with Gasteiger partial charge in [0.25, 0.3) is 5.91 Å². The maximum atomic E-state index is 12.2. The van der Waals surface area contributed by atoms with E-state index in [4.69, 9.17) is 4.74 Å². The minimum absolute atomic E-state index is 0.426. The molecule has 1 heterocycles. The third kappa shape index (κ3) is 3.25. The Balaban J connectivity index is 2.06. The van der Waals surface area contributed by atoms with E-state index in [0.29, 0.717) is 37.8 Å². The van der Waals surface area contributed by atoms with Crippen LogP contribution in [-0.4, -0.2) is 42.9 Å². The fourth-order valence-corrected chi connectivity index (χ4v) is 2.23. The molecule has 4 heteroatoms. The lowest BCUT2D eigenvalue weighted by atomic mass is 9.97. The van der Waals surface area contributed by atoms with Crippen LogP contribution >= 0.6 is 0 Å². The number of ketones is 1. The summed E-state index contributed by atoms with van der Waals surface area (Å²) in [6.07, 6.45) is 1.06. The molecule has 1 unspecified atom stereocenters. The fraction of sp³-hybridized carbons (Fsp3) is 0.500. The predicted octanol–water partition coefficient (Wildman–Crippen LogP) is 2.24.